The summed E-state index contributed by atoms with van der Waals surface area (Å²) < 4.78 is 4.55. The number of ether oxygens (including phenoxy) is 1. The number of nitrogen functional groups attached to an aromatic ring is 1. The highest BCUT2D eigenvalue weighted by molar-refractivity contribution is 7.97. The van der Waals surface area contributed by atoms with Crippen LogP contribution in [-0.4, -0.2) is 38.0 Å². The van der Waals surface area contributed by atoms with Crippen LogP contribution in [0.5, 0.6) is 0 Å². The fraction of sp³-hybridized carbons (Fsp3) is 0.182. The molecule has 0 aliphatic rings. The minimum absolute atomic E-state index is 0.186. The van der Waals surface area contributed by atoms with Crippen LogP contribution in [0.2, 0.25) is 0 Å². The Hall–Kier alpha value is -2.99. The van der Waals surface area contributed by atoms with Crippen LogP contribution in [0.4, 0.5) is 5.69 Å². The van der Waals surface area contributed by atoms with Crippen molar-refractivity contribution in [3.63, 3.8) is 0 Å². The molecule has 0 aromatic heterocycles. The summed E-state index contributed by atoms with van der Waals surface area (Å²) in [6.07, 6.45) is 4.08. The first-order chi connectivity index (χ1) is 13.5. The van der Waals surface area contributed by atoms with Crippen molar-refractivity contribution in [2.45, 2.75) is 0 Å². The van der Waals surface area contributed by atoms with Crippen LogP contribution in [0, 0.1) is 0 Å². The molecule has 6 heteroatoms. The Morgan fingerprint density at radius 3 is 2.39 bits per heavy atom. The number of carbonyl (C=O) groups is 2. The molecule has 0 saturated carbocycles. The molecular formula is C22H24N2O3S. The molecule has 3 aromatic carbocycles. The topological polar surface area (TPSA) is 81.4 Å². The Morgan fingerprint density at radius 2 is 1.68 bits per heavy atom. The third-order valence-corrected chi connectivity index (χ3v) is 3.99. The lowest BCUT2D eigenvalue weighted by atomic mass is 9.94. The Kier molecular flexibility index (Phi) is 7.89. The largest absolute Gasteiger partial charge is 0.468 e. The lowest BCUT2D eigenvalue weighted by Gasteiger charge is -2.13. The number of hydrogen-bond acceptors (Lipinski definition) is 5. The number of anilines is 1. The molecule has 3 rings (SSSR count). The molecule has 0 aliphatic carbocycles. The maximum absolute atomic E-state index is 12.5. The molecule has 0 fully saturated rings. The summed E-state index contributed by atoms with van der Waals surface area (Å²) in [7, 11) is 1.28. The lowest BCUT2D eigenvalue weighted by molar-refractivity contribution is -0.139. The van der Waals surface area contributed by atoms with Crippen LogP contribution in [0.15, 0.2) is 60.7 Å². The number of benzene rings is 3. The molecule has 0 aliphatic heterocycles. The zero-order chi connectivity index (χ0) is 20.5. The second kappa shape index (κ2) is 10.4. The number of nitrogens with two attached hydrogens (primary N) is 1. The first-order valence-corrected chi connectivity index (χ1v) is 10.3. The minimum Gasteiger partial charge on any atom is -0.468 e. The normalized spacial score (nSPS) is 9.96. The van der Waals surface area contributed by atoms with E-state index in [2.05, 4.69) is 10.1 Å². The first kappa shape index (κ1) is 21.3. The SMILES string of the molecule is COC(=O)CNC(=O)c1ccc(N)cc1-c1cccc2ccccc12.CSC. The maximum atomic E-state index is 12.5. The molecule has 3 N–H and O–H groups in total. The highest BCUT2D eigenvalue weighted by atomic mass is 32.2. The van der Waals surface area contributed by atoms with Crippen molar-refractivity contribution in [3.8, 4) is 11.1 Å². The van der Waals surface area contributed by atoms with Crippen molar-refractivity contribution >= 4 is 40.1 Å². The Labute approximate surface area is 169 Å². The van der Waals surface area contributed by atoms with Gasteiger partial charge in [0.05, 0.1) is 7.11 Å². The van der Waals surface area contributed by atoms with E-state index in [1.807, 2.05) is 55.0 Å². The van der Waals surface area contributed by atoms with Crippen LogP contribution in [0.3, 0.4) is 0 Å². The van der Waals surface area contributed by atoms with Crippen LogP contribution >= 0.6 is 11.8 Å². The highest BCUT2D eigenvalue weighted by Crippen LogP contribution is 2.32. The maximum Gasteiger partial charge on any atom is 0.325 e. The fourth-order valence-corrected chi connectivity index (χ4v) is 2.76. The Balaban J connectivity index is 0.000000878. The molecule has 5 nitrogen and oxygen atoms in total. The first-order valence-electron chi connectivity index (χ1n) is 8.64. The molecule has 1 amide bonds. The van der Waals surface area contributed by atoms with E-state index in [4.69, 9.17) is 5.73 Å². The number of hydrogen-bond donors (Lipinski definition) is 2. The monoisotopic (exact) mass is 396 g/mol. The zero-order valence-electron chi connectivity index (χ0n) is 16.2. The summed E-state index contributed by atoms with van der Waals surface area (Å²) in [5.74, 6) is -0.858. The van der Waals surface area contributed by atoms with Crippen LogP contribution in [-0.2, 0) is 9.53 Å². The Morgan fingerprint density at radius 1 is 1.00 bits per heavy atom. The second-order valence-electron chi connectivity index (χ2n) is 6.00. The summed E-state index contributed by atoms with van der Waals surface area (Å²) in [4.78, 5) is 23.8. The molecule has 0 atom stereocenters. The predicted molar refractivity (Wildman–Crippen MR) is 118 cm³/mol. The van der Waals surface area contributed by atoms with Gasteiger partial charge in [0.1, 0.15) is 6.54 Å². The Bertz CT molecular complexity index is 968. The van der Waals surface area contributed by atoms with Gasteiger partial charge in [-0.15, -0.1) is 0 Å². The van der Waals surface area contributed by atoms with Crippen LogP contribution in [0.1, 0.15) is 10.4 Å². The molecule has 0 radical (unpaired) electrons. The number of carbonyl (C=O) groups excluding carboxylic acids is 2. The van der Waals surface area contributed by atoms with Gasteiger partial charge >= 0.3 is 5.97 Å². The quantitative estimate of drug-likeness (QED) is 0.515. The number of fused-ring (bicyclic) bond motifs is 1. The third kappa shape index (κ3) is 5.27. The average Bonchev–Trinajstić information content (AvgIpc) is 2.71. The summed E-state index contributed by atoms with van der Waals surface area (Å²) in [6, 6.07) is 19.0. The highest BCUT2D eigenvalue weighted by Gasteiger charge is 2.16. The molecule has 28 heavy (non-hydrogen) atoms. The van der Waals surface area contributed by atoms with E-state index in [0.717, 1.165) is 21.9 Å². The van der Waals surface area contributed by atoms with Gasteiger partial charge in [-0.3, -0.25) is 9.59 Å². The van der Waals surface area contributed by atoms with Crippen molar-refractivity contribution in [1.82, 2.24) is 5.32 Å². The van der Waals surface area contributed by atoms with Gasteiger partial charge in [-0.1, -0.05) is 42.5 Å². The van der Waals surface area contributed by atoms with Gasteiger partial charge in [-0.25, -0.2) is 0 Å². The third-order valence-electron chi connectivity index (χ3n) is 3.99. The van der Waals surface area contributed by atoms with Gasteiger partial charge in [-0.2, -0.15) is 11.8 Å². The smallest absolute Gasteiger partial charge is 0.325 e. The molecule has 0 unspecified atom stereocenters. The summed E-state index contributed by atoms with van der Waals surface area (Å²) >= 11 is 1.75. The predicted octanol–water partition coefficient (Wildman–Crippen LogP) is 3.97. The van der Waals surface area contributed by atoms with Gasteiger partial charge in [0.2, 0.25) is 0 Å². The molecule has 0 bridgehead atoms. The molecule has 0 spiro atoms. The standard InChI is InChI=1S/C20H18N2O3.C2H6S/c1-25-19(23)12-22-20(24)17-10-9-14(21)11-18(17)16-8-4-6-13-5-2-3-7-15(13)16;1-3-2/h2-11H,12,21H2,1H3,(H,22,24);1-2H3. The van der Waals surface area contributed by atoms with Crippen molar-refractivity contribution in [2.24, 2.45) is 0 Å². The second-order valence-corrected chi connectivity index (χ2v) is 6.82. The van der Waals surface area contributed by atoms with Crippen molar-refractivity contribution in [3.05, 3.63) is 66.2 Å². The average molecular weight is 397 g/mol. The number of thioether (sulfide) groups is 1. The van der Waals surface area contributed by atoms with Gasteiger partial charge in [-0.05, 0) is 52.6 Å². The minimum atomic E-state index is -0.504. The number of esters is 1. The van der Waals surface area contributed by atoms with E-state index < -0.39 is 5.97 Å². The van der Waals surface area contributed by atoms with Crippen molar-refractivity contribution in [2.75, 3.05) is 31.9 Å². The lowest BCUT2D eigenvalue weighted by Crippen LogP contribution is -2.30. The summed E-state index contributed by atoms with van der Waals surface area (Å²) in [5.41, 5.74) is 8.59. The van der Waals surface area contributed by atoms with Gasteiger partial charge in [0.25, 0.3) is 5.91 Å². The van der Waals surface area contributed by atoms with Crippen LogP contribution < -0.4 is 11.1 Å². The van der Waals surface area contributed by atoms with E-state index in [-0.39, 0.29) is 12.5 Å². The fourth-order valence-electron chi connectivity index (χ4n) is 2.76. The van der Waals surface area contributed by atoms with Crippen molar-refractivity contribution in [1.29, 1.82) is 0 Å². The zero-order valence-corrected chi connectivity index (χ0v) is 17.0. The van der Waals surface area contributed by atoms with Gasteiger partial charge < -0.3 is 15.8 Å². The van der Waals surface area contributed by atoms with Crippen molar-refractivity contribution < 1.29 is 14.3 Å². The number of amides is 1. The number of rotatable bonds is 4. The number of nitrogens with one attached hydrogen (secondary N) is 1. The molecule has 146 valence electrons. The van der Waals surface area contributed by atoms with E-state index in [1.165, 1.54) is 7.11 Å². The van der Waals surface area contributed by atoms with Gasteiger partial charge in [0, 0.05) is 11.3 Å². The molecular weight excluding hydrogens is 372 g/mol. The summed E-state index contributed by atoms with van der Waals surface area (Å²) in [6.45, 7) is -0.186. The molecule has 3 aromatic rings. The van der Waals surface area contributed by atoms with E-state index >= 15 is 0 Å². The summed E-state index contributed by atoms with van der Waals surface area (Å²) in [5, 5.41) is 4.67. The van der Waals surface area contributed by atoms with E-state index in [1.54, 1.807) is 30.0 Å². The molecule has 0 saturated heterocycles. The molecule has 0 heterocycles. The van der Waals surface area contributed by atoms with Gasteiger partial charge in [0.15, 0.2) is 0 Å². The van der Waals surface area contributed by atoms with E-state index in [9.17, 15) is 9.59 Å². The van der Waals surface area contributed by atoms with Crippen LogP contribution in [0.25, 0.3) is 21.9 Å². The van der Waals surface area contributed by atoms with E-state index in [0.29, 0.717) is 11.3 Å². The number of methoxy groups -OCH3 is 1.